The van der Waals surface area contributed by atoms with Gasteiger partial charge in [-0.15, -0.1) is 11.8 Å². The fourth-order valence-electron chi connectivity index (χ4n) is 3.44. The maximum Gasteiger partial charge on any atom is 0.269 e. The fraction of sp³-hybridized carbons (Fsp3) is 0.364. The number of piperazine rings is 1. The number of methoxy groups -OCH3 is 2. The molecule has 32 heavy (non-hydrogen) atoms. The zero-order valence-electron chi connectivity index (χ0n) is 18.1. The topological polar surface area (TPSA) is 102 Å². The second-order valence-electron chi connectivity index (χ2n) is 7.20. The van der Waals surface area contributed by atoms with Crippen LogP contribution in [0.1, 0.15) is 17.3 Å². The van der Waals surface area contributed by atoms with Gasteiger partial charge in [-0.3, -0.25) is 19.7 Å². The molecule has 10 heteroatoms. The van der Waals surface area contributed by atoms with Gasteiger partial charge in [-0.25, -0.2) is 0 Å². The van der Waals surface area contributed by atoms with Crippen molar-refractivity contribution in [2.45, 2.75) is 17.1 Å². The number of nitrogens with zero attached hydrogens (tertiary/aromatic N) is 3. The van der Waals surface area contributed by atoms with E-state index in [2.05, 4.69) is 0 Å². The predicted molar refractivity (Wildman–Crippen MR) is 120 cm³/mol. The Balaban J connectivity index is 1.55. The zero-order chi connectivity index (χ0) is 23.3. The van der Waals surface area contributed by atoms with Crippen molar-refractivity contribution in [3.63, 3.8) is 0 Å². The maximum absolute atomic E-state index is 12.9. The van der Waals surface area contributed by atoms with Gasteiger partial charge in [0.05, 0.1) is 24.4 Å². The minimum absolute atomic E-state index is 0.0172. The molecule has 170 valence electrons. The van der Waals surface area contributed by atoms with Crippen molar-refractivity contribution in [2.24, 2.45) is 0 Å². The molecule has 1 heterocycles. The van der Waals surface area contributed by atoms with Crippen LogP contribution in [-0.2, 0) is 4.79 Å². The molecule has 1 aliphatic rings. The van der Waals surface area contributed by atoms with Crippen LogP contribution in [0, 0.1) is 10.1 Å². The van der Waals surface area contributed by atoms with Crippen LogP contribution < -0.4 is 9.47 Å². The van der Waals surface area contributed by atoms with Crippen LogP contribution in [0.2, 0.25) is 0 Å². The van der Waals surface area contributed by atoms with Gasteiger partial charge in [0.1, 0.15) is 0 Å². The lowest BCUT2D eigenvalue weighted by molar-refractivity contribution is -0.384. The second kappa shape index (κ2) is 10.4. The van der Waals surface area contributed by atoms with Crippen LogP contribution in [0.15, 0.2) is 47.4 Å². The van der Waals surface area contributed by atoms with E-state index in [1.54, 1.807) is 40.1 Å². The van der Waals surface area contributed by atoms with Crippen LogP contribution in [0.5, 0.6) is 11.5 Å². The van der Waals surface area contributed by atoms with Crippen molar-refractivity contribution in [3.8, 4) is 11.5 Å². The van der Waals surface area contributed by atoms with E-state index in [9.17, 15) is 19.7 Å². The van der Waals surface area contributed by atoms with Crippen molar-refractivity contribution < 1.29 is 24.0 Å². The first kappa shape index (κ1) is 23.4. The SMILES string of the molecule is COc1ccc(C(=O)N2CCN(C(=O)C(C)Sc3ccc([N+](=O)[O-])cc3)CC2)cc1OC. The van der Waals surface area contributed by atoms with E-state index in [1.165, 1.54) is 38.1 Å². The lowest BCUT2D eigenvalue weighted by Gasteiger charge is -2.36. The highest BCUT2D eigenvalue weighted by Crippen LogP contribution is 2.29. The number of hydrogen-bond acceptors (Lipinski definition) is 7. The summed E-state index contributed by atoms with van der Waals surface area (Å²) < 4.78 is 10.5. The third-order valence-corrected chi connectivity index (χ3v) is 6.32. The molecule has 0 radical (unpaired) electrons. The van der Waals surface area contributed by atoms with Gasteiger partial charge in [-0.2, -0.15) is 0 Å². The number of ether oxygens (including phenoxy) is 2. The molecule has 3 rings (SSSR count). The monoisotopic (exact) mass is 459 g/mol. The lowest BCUT2D eigenvalue weighted by Crippen LogP contribution is -2.52. The van der Waals surface area contributed by atoms with Gasteiger partial charge >= 0.3 is 0 Å². The number of carbonyl (C=O) groups excluding carboxylic acids is 2. The van der Waals surface area contributed by atoms with Crippen LogP contribution in [-0.4, -0.2) is 72.2 Å². The van der Waals surface area contributed by atoms with Gasteiger partial charge in [0.25, 0.3) is 11.6 Å². The van der Waals surface area contributed by atoms with E-state index < -0.39 is 4.92 Å². The molecule has 0 N–H and O–H groups in total. The molecule has 0 aromatic heterocycles. The Morgan fingerprint density at radius 1 is 0.969 bits per heavy atom. The summed E-state index contributed by atoms with van der Waals surface area (Å²) in [5.41, 5.74) is 0.521. The van der Waals surface area contributed by atoms with Crippen LogP contribution in [0.3, 0.4) is 0 Å². The Hall–Kier alpha value is -3.27. The molecular formula is C22H25N3O6S. The number of rotatable bonds is 7. The average Bonchev–Trinajstić information content (AvgIpc) is 2.83. The van der Waals surface area contributed by atoms with Gasteiger partial charge in [-0.1, -0.05) is 0 Å². The molecule has 1 unspecified atom stereocenters. The summed E-state index contributed by atoms with van der Waals surface area (Å²) in [6.45, 7) is 3.59. The molecule has 9 nitrogen and oxygen atoms in total. The van der Waals surface area contributed by atoms with E-state index in [0.717, 1.165) is 4.90 Å². The molecule has 2 aromatic carbocycles. The number of nitro benzene ring substituents is 1. The number of hydrogen-bond donors (Lipinski definition) is 0. The number of amides is 2. The summed E-state index contributed by atoms with van der Waals surface area (Å²) in [5, 5.41) is 10.4. The van der Waals surface area contributed by atoms with Crippen LogP contribution in [0.4, 0.5) is 5.69 Å². The molecule has 2 amide bonds. The molecule has 0 saturated carbocycles. The smallest absolute Gasteiger partial charge is 0.269 e. The normalized spacial score (nSPS) is 14.6. The molecule has 2 aromatic rings. The van der Waals surface area contributed by atoms with Crippen molar-refractivity contribution in [3.05, 3.63) is 58.1 Å². The third kappa shape index (κ3) is 5.31. The van der Waals surface area contributed by atoms with E-state index in [4.69, 9.17) is 9.47 Å². The van der Waals surface area contributed by atoms with Crippen molar-refractivity contribution in [1.29, 1.82) is 0 Å². The third-order valence-electron chi connectivity index (χ3n) is 5.22. The van der Waals surface area contributed by atoms with Gasteiger partial charge < -0.3 is 19.3 Å². The summed E-state index contributed by atoms with van der Waals surface area (Å²) in [6, 6.07) is 11.2. The van der Waals surface area contributed by atoms with Crippen LogP contribution in [0.25, 0.3) is 0 Å². The first-order valence-electron chi connectivity index (χ1n) is 10.0. The van der Waals surface area contributed by atoms with Crippen molar-refractivity contribution in [2.75, 3.05) is 40.4 Å². The van der Waals surface area contributed by atoms with E-state index >= 15 is 0 Å². The van der Waals surface area contributed by atoms with E-state index in [1.807, 2.05) is 6.92 Å². The quantitative estimate of drug-likeness (QED) is 0.356. The van der Waals surface area contributed by atoms with Gasteiger partial charge in [0.15, 0.2) is 11.5 Å². The lowest BCUT2D eigenvalue weighted by atomic mass is 10.1. The summed E-state index contributed by atoms with van der Waals surface area (Å²) in [5.74, 6) is 0.904. The predicted octanol–water partition coefficient (Wildman–Crippen LogP) is 3.08. The standard InChI is InChI=1S/C22H25N3O6S/c1-15(32-18-7-5-17(6-8-18)25(28)29)21(26)23-10-12-24(13-11-23)22(27)16-4-9-19(30-2)20(14-16)31-3/h4-9,14-15H,10-13H2,1-3H3. The van der Waals surface area contributed by atoms with E-state index in [-0.39, 0.29) is 22.8 Å². The Morgan fingerprint density at radius 2 is 1.56 bits per heavy atom. The number of benzene rings is 2. The minimum Gasteiger partial charge on any atom is -0.493 e. The Kier molecular flexibility index (Phi) is 7.57. The fourth-order valence-corrected chi connectivity index (χ4v) is 4.39. The van der Waals surface area contributed by atoms with Crippen LogP contribution >= 0.6 is 11.8 Å². The summed E-state index contributed by atoms with van der Waals surface area (Å²) in [6.07, 6.45) is 0. The number of thioether (sulfide) groups is 1. The summed E-state index contributed by atoms with van der Waals surface area (Å²) in [4.78, 5) is 40.3. The minimum atomic E-state index is -0.453. The highest BCUT2D eigenvalue weighted by Gasteiger charge is 2.28. The molecule has 1 aliphatic heterocycles. The Labute approximate surface area is 190 Å². The molecule has 0 spiro atoms. The number of non-ortho nitro benzene ring substituents is 1. The average molecular weight is 460 g/mol. The van der Waals surface area contributed by atoms with Gasteiger partial charge in [-0.05, 0) is 37.3 Å². The zero-order valence-corrected chi connectivity index (χ0v) is 19.0. The summed E-state index contributed by atoms with van der Waals surface area (Å²) >= 11 is 1.36. The van der Waals surface area contributed by atoms with Crippen molar-refractivity contribution >= 4 is 29.3 Å². The molecule has 1 fully saturated rings. The molecule has 1 atom stereocenters. The largest absolute Gasteiger partial charge is 0.493 e. The summed E-state index contributed by atoms with van der Waals surface area (Å²) in [7, 11) is 3.06. The number of nitro groups is 1. The highest BCUT2D eigenvalue weighted by molar-refractivity contribution is 8.00. The molecule has 0 bridgehead atoms. The van der Waals surface area contributed by atoms with Crippen molar-refractivity contribution in [1.82, 2.24) is 9.80 Å². The first-order chi connectivity index (χ1) is 15.3. The van der Waals surface area contributed by atoms with E-state index in [0.29, 0.717) is 43.2 Å². The highest BCUT2D eigenvalue weighted by atomic mass is 32.2. The second-order valence-corrected chi connectivity index (χ2v) is 8.61. The number of carbonyl (C=O) groups is 2. The van der Waals surface area contributed by atoms with Gasteiger partial charge in [0.2, 0.25) is 5.91 Å². The Bertz CT molecular complexity index is 990. The first-order valence-corrected chi connectivity index (χ1v) is 10.9. The Morgan fingerprint density at radius 3 is 2.12 bits per heavy atom. The maximum atomic E-state index is 12.9. The molecular weight excluding hydrogens is 434 g/mol. The van der Waals surface area contributed by atoms with Gasteiger partial charge in [0, 0.05) is 48.8 Å². The molecule has 1 saturated heterocycles. The molecule has 0 aliphatic carbocycles.